The molecule has 0 saturated heterocycles. The molecule has 0 N–H and O–H groups in total. The summed E-state index contributed by atoms with van der Waals surface area (Å²) < 4.78 is 10.4. The minimum absolute atomic E-state index is 0.251. The minimum atomic E-state index is 0.251. The largest absolute Gasteiger partial charge is 0.497 e. The summed E-state index contributed by atoms with van der Waals surface area (Å²) in [5.74, 6) is 1.07. The van der Waals surface area contributed by atoms with Crippen LogP contribution in [0.15, 0.2) is 41.1 Å². The summed E-state index contributed by atoms with van der Waals surface area (Å²) in [7, 11) is 1.51. The van der Waals surface area contributed by atoms with E-state index in [-0.39, 0.29) is 5.89 Å². The first-order chi connectivity index (χ1) is 11.2. The summed E-state index contributed by atoms with van der Waals surface area (Å²) in [4.78, 5) is 8.38. The van der Waals surface area contributed by atoms with E-state index in [2.05, 4.69) is 21.2 Å². The Labute approximate surface area is 131 Å². The molecule has 3 aromatic rings. The second kappa shape index (κ2) is 5.96. The molecule has 23 heavy (non-hydrogen) atoms. The maximum atomic E-state index is 9.05. The molecule has 0 aliphatic carbocycles. The van der Waals surface area contributed by atoms with Crippen LogP contribution in [-0.2, 0) is 0 Å². The summed E-state index contributed by atoms with van der Waals surface area (Å²) >= 11 is 0. The maximum absolute atomic E-state index is 9.05. The van der Waals surface area contributed by atoms with Gasteiger partial charge < -0.3 is 9.26 Å². The van der Waals surface area contributed by atoms with Gasteiger partial charge in [0.1, 0.15) is 17.5 Å². The van der Waals surface area contributed by atoms with Gasteiger partial charge in [0.05, 0.1) is 24.3 Å². The molecule has 0 fully saturated rings. The van der Waals surface area contributed by atoms with E-state index in [9.17, 15) is 0 Å². The quantitative estimate of drug-likeness (QED) is 0.731. The second-order valence-electron chi connectivity index (χ2n) is 4.53. The normalized spacial score (nSPS) is 9.87. The Morgan fingerprint density at radius 3 is 2.57 bits per heavy atom. The van der Waals surface area contributed by atoms with Crippen molar-refractivity contribution >= 4 is 0 Å². The number of hydrogen-bond acceptors (Lipinski definition) is 7. The Morgan fingerprint density at radius 2 is 1.91 bits per heavy atom. The lowest BCUT2D eigenvalue weighted by atomic mass is 10.1. The maximum Gasteiger partial charge on any atom is 0.258 e. The number of ether oxygens (including phenoxy) is 1. The molecule has 0 radical (unpaired) electrons. The first kappa shape index (κ1) is 14.2. The molecule has 0 atom stereocenters. The van der Waals surface area contributed by atoms with Crippen LogP contribution in [0.3, 0.4) is 0 Å². The Kier molecular flexibility index (Phi) is 3.69. The van der Waals surface area contributed by atoms with Crippen molar-refractivity contribution in [3.8, 4) is 40.9 Å². The fraction of sp³-hybridized carbons (Fsp3) is 0.0625. The zero-order valence-corrected chi connectivity index (χ0v) is 12.0. The molecule has 0 spiro atoms. The highest BCUT2D eigenvalue weighted by atomic mass is 16.5. The molecular weight excluding hydrogens is 294 g/mol. The average Bonchev–Trinajstić information content (AvgIpc) is 3.11. The van der Waals surface area contributed by atoms with Gasteiger partial charge in [0.25, 0.3) is 5.89 Å². The van der Waals surface area contributed by atoms with Gasteiger partial charge in [-0.15, -0.1) is 0 Å². The van der Waals surface area contributed by atoms with Crippen LogP contribution >= 0.6 is 0 Å². The van der Waals surface area contributed by atoms with E-state index in [1.54, 1.807) is 30.3 Å². The van der Waals surface area contributed by atoms with Crippen molar-refractivity contribution in [1.29, 1.82) is 10.5 Å². The molecule has 0 amide bonds. The molecular formula is C16H9N5O2. The Hall–Kier alpha value is -3.71. The second-order valence-corrected chi connectivity index (χ2v) is 4.53. The molecule has 3 rings (SSSR count). The molecule has 0 unspecified atom stereocenters. The molecule has 110 valence electrons. The van der Waals surface area contributed by atoms with Crippen molar-refractivity contribution in [1.82, 2.24) is 15.1 Å². The molecule has 7 nitrogen and oxygen atoms in total. The van der Waals surface area contributed by atoms with Crippen molar-refractivity contribution in [2.45, 2.75) is 0 Å². The molecule has 0 aliphatic heterocycles. The third kappa shape index (κ3) is 2.85. The summed E-state index contributed by atoms with van der Waals surface area (Å²) in [6.45, 7) is 0. The molecule has 7 heteroatoms. The van der Waals surface area contributed by atoms with Crippen molar-refractivity contribution < 1.29 is 9.26 Å². The number of aromatic nitrogens is 3. The lowest BCUT2D eigenvalue weighted by molar-refractivity contribution is 0.413. The lowest BCUT2D eigenvalue weighted by Gasteiger charge is -2.01. The van der Waals surface area contributed by atoms with Crippen LogP contribution in [0.2, 0.25) is 0 Å². The van der Waals surface area contributed by atoms with Gasteiger partial charge in [-0.3, -0.25) is 4.98 Å². The van der Waals surface area contributed by atoms with Gasteiger partial charge >= 0.3 is 0 Å². The van der Waals surface area contributed by atoms with Crippen molar-refractivity contribution in [3.05, 3.63) is 47.7 Å². The molecule has 1 aromatic carbocycles. The molecule has 2 heterocycles. The van der Waals surface area contributed by atoms with Gasteiger partial charge in [-0.1, -0.05) is 5.16 Å². The molecule has 2 aromatic heterocycles. The van der Waals surface area contributed by atoms with Crippen LogP contribution in [0.5, 0.6) is 5.75 Å². The lowest BCUT2D eigenvalue weighted by Crippen LogP contribution is -1.88. The number of pyridine rings is 1. The van der Waals surface area contributed by atoms with Gasteiger partial charge in [-0.2, -0.15) is 15.5 Å². The SMILES string of the molecule is COc1cc(C#N)cc(-c2nc(-c3ccc(C#N)cn3)no2)c1. The number of nitrogens with zero attached hydrogens (tertiary/aromatic N) is 5. The number of benzene rings is 1. The summed E-state index contributed by atoms with van der Waals surface area (Å²) in [6, 6.07) is 12.2. The average molecular weight is 303 g/mol. The van der Waals surface area contributed by atoms with Crippen molar-refractivity contribution in [3.63, 3.8) is 0 Å². The van der Waals surface area contributed by atoms with E-state index in [4.69, 9.17) is 19.8 Å². The fourth-order valence-electron chi connectivity index (χ4n) is 1.94. The van der Waals surface area contributed by atoms with E-state index in [0.29, 0.717) is 34.0 Å². The monoisotopic (exact) mass is 303 g/mol. The van der Waals surface area contributed by atoms with Crippen molar-refractivity contribution in [2.75, 3.05) is 7.11 Å². The van der Waals surface area contributed by atoms with Crippen LogP contribution in [0, 0.1) is 22.7 Å². The zero-order valence-electron chi connectivity index (χ0n) is 12.0. The van der Waals surface area contributed by atoms with Crippen LogP contribution in [0.4, 0.5) is 0 Å². The van der Waals surface area contributed by atoms with Crippen LogP contribution in [0.25, 0.3) is 23.0 Å². The predicted octanol–water partition coefficient (Wildman–Crippen LogP) is 2.55. The van der Waals surface area contributed by atoms with Gasteiger partial charge in [0, 0.05) is 11.8 Å². The fourth-order valence-corrected chi connectivity index (χ4v) is 1.94. The smallest absolute Gasteiger partial charge is 0.258 e. The number of hydrogen-bond donors (Lipinski definition) is 0. The van der Waals surface area contributed by atoms with E-state index in [0.717, 1.165) is 0 Å². The van der Waals surface area contributed by atoms with E-state index < -0.39 is 0 Å². The predicted molar refractivity (Wildman–Crippen MR) is 78.9 cm³/mol. The van der Waals surface area contributed by atoms with Gasteiger partial charge in [-0.25, -0.2) is 0 Å². The zero-order chi connectivity index (χ0) is 16.2. The first-order valence-electron chi connectivity index (χ1n) is 6.53. The summed E-state index contributed by atoms with van der Waals surface area (Å²) in [6.07, 6.45) is 1.44. The topological polar surface area (TPSA) is 109 Å². The Bertz CT molecular complexity index is 932. The van der Waals surface area contributed by atoms with Gasteiger partial charge in [-0.05, 0) is 30.3 Å². The van der Waals surface area contributed by atoms with Crippen LogP contribution in [-0.4, -0.2) is 22.2 Å². The van der Waals surface area contributed by atoms with Crippen LogP contribution in [0.1, 0.15) is 11.1 Å². The number of methoxy groups -OCH3 is 1. The van der Waals surface area contributed by atoms with E-state index >= 15 is 0 Å². The Morgan fingerprint density at radius 1 is 1.09 bits per heavy atom. The molecule has 0 saturated carbocycles. The summed E-state index contributed by atoms with van der Waals surface area (Å²) in [5, 5.41) is 21.7. The highest BCUT2D eigenvalue weighted by Gasteiger charge is 2.13. The standard InChI is InChI=1S/C16H9N5O2/c1-22-13-5-11(8-18)4-12(6-13)16-20-15(21-23-16)14-3-2-10(7-17)9-19-14/h2-6,9H,1H3. The van der Waals surface area contributed by atoms with Crippen molar-refractivity contribution in [2.24, 2.45) is 0 Å². The molecule has 0 aliphatic rings. The highest BCUT2D eigenvalue weighted by Crippen LogP contribution is 2.26. The highest BCUT2D eigenvalue weighted by molar-refractivity contribution is 5.62. The summed E-state index contributed by atoms with van der Waals surface area (Å²) in [5.41, 5.74) is 1.94. The first-order valence-corrected chi connectivity index (χ1v) is 6.53. The third-order valence-electron chi connectivity index (χ3n) is 3.07. The minimum Gasteiger partial charge on any atom is -0.497 e. The third-order valence-corrected chi connectivity index (χ3v) is 3.07. The van der Waals surface area contributed by atoms with Gasteiger partial charge in [0.15, 0.2) is 0 Å². The number of rotatable bonds is 3. The number of nitriles is 2. The van der Waals surface area contributed by atoms with E-state index in [1.165, 1.54) is 13.3 Å². The van der Waals surface area contributed by atoms with E-state index in [1.807, 2.05) is 6.07 Å². The Balaban J connectivity index is 1.98. The molecule has 0 bridgehead atoms. The van der Waals surface area contributed by atoms with Crippen LogP contribution < -0.4 is 4.74 Å². The van der Waals surface area contributed by atoms with Gasteiger partial charge in [0.2, 0.25) is 5.82 Å².